The first-order chi connectivity index (χ1) is 7.41. The monoisotopic (exact) mass is 232 g/mol. The minimum absolute atomic E-state index is 0.196. The van der Waals surface area contributed by atoms with Gasteiger partial charge in [-0.05, 0) is 24.6 Å². The van der Waals surface area contributed by atoms with Gasteiger partial charge in [0, 0.05) is 5.69 Å². The van der Waals surface area contributed by atoms with E-state index in [-0.39, 0.29) is 16.8 Å². The molecule has 0 aromatic heterocycles. The molecule has 0 heterocycles. The molecule has 3 nitrogen and oxygen atoms in total. The van der Waals surface area contributed by atoms with Crippen LogP contribution in [0.5, 0.6) is 0 Å². The van der Waals surface area contributed by atoms with Crippen molar-refractivity contribution in [2.24, 2.45) is 0 Å². The fraction of sp³-hybridized carbons (Fsp3) is 0.300. The van der Waals surface area contributed by atoms with E-state index in [9.17, 15) is 18.0 Å². The molecular weight excluding hydrogens is 221 g/mol. The minimum atomic E-state index is -2.67. The van der Waals surface area contributed by atoms with Crippen LogP contribution in [0.2, 0.25) is 0 Å². The Morgan fingerprint density at radius 1 is 1.50 bits per heavy atom. The van der Waals surface area contributed by atoms with Crippen LogP contribution >= 0.6 is 0 Å². The summed E-state index contributed by atoms with van der Waals surface area (Å²) < 4.78 is 37.1. The third kappa shape index (κ3) is 2.88. The SMILES string of the molecule is Cc1cc(N)cc(C(=O)NCC(F)F)c1F. The molecule has 1 amide bonds. The van der Waals surface area contributed by atoms with E-state index in [0.717, 1.165) is 6.07 Å². The molecule has 0 spiro atoms. The molecule has 6 heteroatoms. The molecule has 0 saturated carbocycles. The van der Waals surface area contributed by atoms with E-state index in [2.05, 4.69) is 0 Å². The summed E-state index contributed by atoms with van der Waals surface area (Å²) in [5.41, 5.74) is 5.51. The van der Waals surface area contributed by atoms with Crippen molar-refractivity contribution in [2.45, 2.75) is 13.3 Å². The fourth-order valence-electron chi connectivity index (χ4n) is 1.23. The number of carbonyl (C=O) groups is 1. The van der Waals surface area contributed by atoms with Crippen molar-refractivity contribution in [1.82, 2.24) is 5.32 Å². The van der Waals surface area contributed by atoms with Gasteiger partial charge in [0.1, 0.15) is 5.82 Å². The van der Waals surface area contributed by atoms with Crippen LogP contribution in [-0.4, -0.2) is 18.9 Å². The largest absolute Gasteiger partial charge is 0.399 e. The van der Waals surface area contributed by atoms with Gasteiger partial charge in [0.15, 0.2) is 0 Å². The molecule has 3 N–H and O–H groups in total. The molecule has 16 heavy (non-hydrogen) atoms. The average Bonchev–Trinajstić information content (AvgIpc) is 2.19. The zero-order valence-electron chi connectivity index (χ0n) is 8.56. The van der Waals surface area contributed by atoms with Gasteiger partial charge in [0.05, 0.1) is 12.1 Å². The Morgan fingerprint density at radius 3 is 2.69 bits per heavy atom. The van der Waals surface area contributed by atoms with Crippen molar-refractivity contribution in [3.8, 4) is 0 Å². The Bertz CT molecular complexity index is 407. The maximum absolute atomic E-state index is 13.5. The van der Waals surface area contributed by atoms with E-state index in [0.29, 0.717) is 0 Å². The van der Waals surface area contributed by atoms with Gasteiger partial charge in [-0.25, -0.2) is 13.2 Å². The summed E-state index contributed by atoms with van der Waals surface area (Å²) in [5, 5.41) is 1.91. The zero-order valence-corrected chi connectivity index (χ0v) is 8.56. The fourth-order valence-corrected chi connectivity index (χ4v) is 1.23. The summed E-state index contributed by atoms with van der Waals surface area (Å²) in [6.07, 6.45) is -2.67. The number of rotatable bonds is 3. The molecule has 1 rings (SSSR count). The number of amides is 1. The molecule has 1 aromatic carbocycles. The molecule has 0 bridgehead atoms. The van der Waals surface area contributed by atoms with Gasteiger partial charge in [0.2, 0.25) is 0 Å². The van der Waals surface area contributed by atoms with Crippen LogP contribution in [0.4, 0.5) is 18.9 Å². The molecule has 0 aliphatic carbocycles. The van der Waals surface area contributed by atoms with Crippen molar-refractivity contribution in [1.29, 1.82) is 0 Å². The smallest absolute Gasteiger partial charge is 0.255 e. The standard InChI is InChI=1S/C10H11F3N2O/c1-5-2-6(14)3-7(9(5)13)10(16)15-4-8(11)12/h2-3,8H,4,14H2,1H3,(H,15,16). The Balaban J connectivity index is 2.91. The summed E-state index contributed by atoms with van der Waals surface area (Å²) in [6, 6.07) is 2.47. The summed E-state index contributed by atoms with van der Waals surface area (Å²) in [6.45, 7) is 0.627. The van der Waals surface area contributed by atoms with E-state index in [1.54, 1.807) is 0 Å². The highest BCUT2D eigenvalue weighted by atomic mass is 19.3. The Kier molecular flexibility index (Phi) is 3.76. The quantitative estimate of drug-likeness (QED) is 0.779. The van der Waals surface area contributed by atoms with Crippen LogP contribution in [0.3, 0.4) is 0 Å². The molecular formula is C10H11F3N2O. The second-order valence-corrected chi connectivity index (χ2v) is 3.30. The molecule has 0 radical (unpaired) electrons. The summed E-state index contributed by atoms with van der Waals surface area (Å²) in [5.74, 6) is -1.64. The van der Waals surface area contributed by atoms with Gasteiger partial charge in [0.25, 0.3) is 12.3 Å². The number of carbonyl (C=O) groups excluding carboxylic acids is 1. The Hall–Kier alpha value is -1.72. The molecule has 0 unspecified atom stereocenters. The lowest BCUT2D eigenvalue weighted by molar-refractivity contribution is 0.0887. The number of halogens is 3. The van der Waals surface area contributed by atoms with Crippen LogP contribution < -0.4 is 11.1 Å². The van der Waals surface area contributed by atoms with Crippen LogP contribution in [0, 0.1) is 12.7 Å². The van der Waals surface area contributed by atoms with Crippen LogP contribution in [0.15, 0.2) is 12.1 Å². The predicted octanol–water partition coefficient (Wildman–Crippen LogP) is 1.71. The van der Waals surface area contributed by atoms with Crippen LogP contribution in [0.25, 0.3) is 0 Å². The number of anilines is 1. The number of alkyl halides is 2. The maximum atomic E-state index is 13.5. The van der Waals surface area contributed by atoms with Gasteiger partial charge in [-0.3, -0.25) is 4.79 Å². The number of aryl methyl sites for hydroxylation is 1. The lowest BCUT2D eigenvalue weighted by Crippen LogP contribution is -2.29. The second-order valence-electron chi connectivity index (χ2n) is 3.30. The third-order valence-electron chi connectivity index (χ3n) is 1.94. The second kappa shape index (κ2) is 4.87. The highest BCUT2D eigenvalue weighted by Gasteiger charge is 2.15. The van der Waals surface area contributed by atoms with E-state index < -0.39 is 24.7 Å². The van der Waals surface area contributed by atoms with E-state index in [1.807, 2.05) is 5.32 Å². The first kappa shape index (κ1) is 12.4. The van der Waals surface area contributed by atoms with Gasteiger partial charge < -0.3 is 11.1 Å². The molecule has 0 atom stereocenters. The topological polar surface area (TPSA) is 55.1 Å². The summed E-state index contributed by atoms with van der Waals surface area (Å²) in [7, 11) is 0. The molecule has 0 aliphatic heterocycles. The Labute approximate surface area is 90.4 Å². The number of benzene rings is 1. The Morgan fingerprint density at radius 2 is 2.12 bits per heavy atom. The number of nitrogens with two attached hydrogens (primary N) is 1. The van der Waals surface area contributed by atoms with Crippen LogP contribution in [0.1, 0.15) is 15.9 Å². The summed E-state index contributed by atoms with van der Waals surface area (Å²) >= 11 is 0. The van der Waals surface area contributed by atoms with E-state index >= 15 is 0 Å². The lowest BCUT2D eigenvalue weighted by Gasteiger charge is -2.08. The molecule has 0 saturated heterocycles. The number of nitrogens with one attached hydrogen (secondary N) is 1. The van der Waals surface area contributed by atoms with E-state index in [4.69, 9.17) is 5.73 Å². The molecule has 0 aliphatic rings. The lowest BCUT2D eigenvalue weighted by atomic mass is 10.1. The average molecular weight is 232 g/mol. The minimum Gasteiger partial charge on any atom is -0.399 e. The van der Waals surface area contributed by atoms with Crippen molar-refractivity contribution in [3.63, 3.8) is 0 Å². The molecule has 1 aromatic rings. The normalized spacial score (nSPS) is 10.6. The first-order valence-electron chi connectivity index (χ1n) is 4.53. The van der Waals surface area contributed by atoms with Gasteiger partial charge in [-0.2, -0.15) is 0 Å². The molecule has 0 fully saturated rings. The number of hydrogen-bond donors (Lipinski definition) is 2. The number of nitrogen functional groups attached to an aromatic ring is 1. The summed E-state index contributed by atoms with van der Waals surface area (Å²) in [4.78, 5) is 11.3. The highest BCUT2D eigenvalue weighted by Crippen LogP contribution is 2.16. The zero-order chi connectivity index (χ0) is 12.3. The van der Waals surface area contributed by atoms with Crippen molar-refractivity contribution in [3.05, 3.63) is 29.1 Å². The van der Waals surface area contributed by atoms with Crippen LogP contribution in [-0.2, 0) is 0 Å². The maximum Gasteiger partial charge on any atom is 0.255 e. The number of hydrogen-bond acceptors (Lipinski definition) is 2. The van der Waals surface area contributed by atoms with Gasteiger partial charge in [-0.1, -0.05) is 0 Å². The third-order valence-corrected chi connectivity index (χ3v) is 1.94. The molecule has 88 valence electrons. The van der Waals surface area contributed by atoms with Gasteiger partial charge >= 0.3 is 0 Å². The van der Waals surface area contributed by atoms with Crippen molar-refractivity contribution in [2.75, 3.05) is 12.3 Å². The van der Waals surface area contributed by atoms with E-state index in [1.165, 1.54) is 13.0 Å². The first-order valence-corrected chi connectivity index (χ1v) is 4.53. The predicted molar refractivity (Wildman–Crippen MR) is 53.9 cm³/mol. The highest BCUT2D eigenvalue weighted by molar-refractivity contribution is 5.95. The van der Waals surface area contributed by atoms with Gasteiger partial charge in [-0.15, -0.1) is 0 Å². The van der Waals surface area contributed by atoms with Crippen molar-refractivity contribution >= 4 is 11.6 Å². The van der Waals surface area contributed by atoms with Crippen molar-refractivity contribution < 1.29 is 18.0 Å².